The average Bonchev–Trinajstić information content (AvgIpc) is 2.15. The molecular weight excluding hydrogens is 180 g/mol. The van der Waals surface area contributed by atoms with Crippen LogP contribution in [0.25, 0.3) is 0 Å². The zero-order valence-corrected chi connectivity index (χ0v) is 9.01. The van der Waals surface area contributed by atoms with Gasteiger partial charge in [0.05, 0.1) is 19.8 Å². The quantitative estimate of drug-likeness (QED) is 0.266. The van der Waals surface area contributed by atoms with Crippen molar-refractivity contribution in [3.63, 3.8) is 0 Å². The van der Waals surface area contributed by atoms with E-state index in [1.54, 1.807) is 0 Å². The Balaban J connectivity index is 3.04. The van der Waals surface area contributed by atoms with Gasteiger partial charge in [0.1, 0.15) is 6.61 Å². The number of nitrogens with two attached hydrogens (primary N) is 1. The maximum absolute atomic E-state index is 5.21. The number of hydrazine groups is 1. The van der Waals surface area contributed by atoms with Gasteiger partial charge in [-0.1, -0.05) is 25.7 Å². The second kappa shape index (κ2) is 10.5. The van der Waals surface area contributed by atoms with E-state index in [1.807, 2.05) is 0 Å². The first-order chi connectivity index (χ1) is 6.77. The van der Waals surface area contributed by atoms with Crippen molar-refractivity contribution in [3.05, 3.63) is 0 Å². The maximum atomic E-state index is 5.21. The standard InChI is InChI=1S/C10H20N2O2/c1-10(2)4-3-6-13-8-9-14-7-5-12-11/h10,12H,5-9,11H2,1-2H3. The van der Waals surface area contributed by atoms with Crippen molar-refractivity contribution in [1.82, 2.24) is 5.43 Å². The SMILES string of the molecule is CC(C)C#CCOCCOCCNN. The molecule has 0 saturated heterocycles. The van der Waals surface area contributed by atoms with Crippen LogP contribution >= 0.6 is 0 Å². The first-order valence-corrected chi connectivity index (χ1v) is 4.84. The van der Waals surface area contributed by atoms with Gasteiger partial charge in [0.25, 0.3) is 0 Å². The summed E-state index contributed by atoms with van der Waals surface area (Å²) in [7, 11) is 0. The smallest absolute Gasteiger partial charge is 0.107 e. The average molecular weight is 200 g/mol. The lowest BCUT2D eigenvalue weighted by molar-refractivity contribution is 0.0614. The highest BCUT2D eigenvalue weighted by Crippen LogP contribution is 1.85. The number of rotatable bonds is 7. The second-order valence-corrected chi connectivity index (χ2v) is 3.09. The molecule has 0 unspecified atom stereocenters. The van der Waals surface area contributed by atoms with Gasteiger partial charge in [0, 0.05) is 12.5 Å². The Morgan fingerprint density at radius 2 is 1.93 bits per heavy atom. The molecule has 0 radical (unpaired) electrons. The Bertz CT molecular complexity index is 173. The molecule has 0 bridgehead atoms. The van der Waals surface area contributed by atoms with Gasteiger partial charge in [-0.05, 0) is 0 Å². The van der Waals surface area contributed by atoms with Crippen LogP contribution in [-0.2, 0) is 9.47 Å². The molecule has 0 rings (SSSR count). The van der Waals surface area contributed by atoms with Crippen molar-refractivity contribution < 1.29 is 9.47 Å². The number of hydrogen-bond donors (Lipinski definition) is 2. The van der Waals surface area contributed by atoms with Crippen LogP contribution in [0.3, 0.4) is 0 Å². The van der Waals surface area contributed by atoms with E-state index in [1.165, 1.54) is 0 Å². The molecule has 0 heterocycles. The highest BCUT2D eigenvalue weighted by atomic mass is 16.5. The van der Waals surface area contributed by atoms with Gasteiger partial charge in [-0.3, -0.25) is 11.3 Å². The molecule has 0 aliphatic rings. The van der Waals surface area contributed by atoms with Crippen LogP contribution < -0.4 is 11.3 Å². The molecule has 0 fully saturated rings. The Kier molecular flexibility index (Phi) is 10.0. The molecule has 0 aliphatic carbocycles. The van der Waals surface area contributed by atoms with Gasteiger partial charge in [0.15, 0.2) is 0 Å². The van der Waals surface area contributed by atoms with Crippen LogP contribution in [0, 0.1) is 17.8 Å². The number of hydrogen-bond acceptors (Lipinski definition) is 4. The highest BCUT2D eigenvalue weighted by Gasteiger charge is 1.87. The number of nitrogens with one attached hydrogen (secondary N) is 1. The molecule has 0 aliphatic heterocycles. The summed E-state index contributed by atoms with van der Waals surface area (Å²) >= 11 is 0. The van der Waals surface area contributed by atoms with Gasteiger partial charge in [-0.2, -0.15) is 0 Å². The molecular formula is C10H20N2O2. The van der Waals surface area contributed by atoms with E-state index in [0.29, 0.717) is 38.9 Å². The highest BCUT2D eigenvalue weighted by molar-refractivity contribution is 5.01. The monoisotopic (exact) mass is 200 g/mol. The van der Waals surface area contributed by atoms with Crippen LogP contribution in [0.1, 0.15) is 13.8 Å². The summed E-state index contributed by atoms with van der Waals surface area (Å²) in [4.78, 5) is 0. The summed E-state index contributed by atoms with van der Waals surface area (Å²) in [5, 5.41) is 0. The molecule has 0 aromatic rings. The fourth-order valence-electron chi connectivity index (χ4n) is 0.720. The minimum Gasteiger partial charge on any atom is -0.378 e. The molecule has 0 spiro atoms. The summed E-state index contributed by atoms with van der Waals surface area (Å²) < 4.78 is 10.4. The molecule has 0 saturated carbocycles. The Hall–Kier alpha value is -0.600. The molecule has 82 valence electrons. The summed E-state index contributed by atoms with van der Waals surface area (Å²) in [5.74, 6) is 11.4. The fourth-order valence-corrected chi connectivity index (χ4v) is 0.720. The first kappa shape index (κ1) is 13.4. The third-order valence-corrected chi connectivity index (χ3v) is 1.33. The Morgan fingerprint density at radius 1 is 1.21 bits per heavy atom. The third kappa shape index (κ3) is 11.4. The zero-order valence-electron chi connectivity index (χ0n) is 9.01. The Labute approximate surface area is 86.1 Å². The molecule has 4 heteroatoms. The van der Waals surface area contributed by atoms with E-state index in [4.69, 9.17) is 15.3 Å². The maximum Gasteiger partial charge on any atom is 0.107 e. The van der Waals surface area contributed by atoms with Crippen LogP contribution in [0.5, 0.6) is 0 Å². The minimum atomic E-state index is 0.408. The minimum absolute atomic E-state index is 0.408. The van der Waals surface area contributed by atoms with Crippen molar-refractivity contribution in [2.45, 2.75) is 13.8 Å². The summed E-state index contributed by atoms with van der Waals surface area (Å²) in [6.07, 6.45) is 0. The van der Waals surface area contributed by atoms with E-state index < -0.39 is 0 Å². The topological polar surface area (TPSA) is 56.5 Å². The van der Waals surface area contributed by atoms with E-state index >= 15 is 0 Å². The summed E-state index contributed by atoms with van der Waals surface area (Å²) in [6, 6.07) is 0. The van der Waals surface area contributed by atoms with Gasteiger partial charge in [0.2, 0.25) is 0 Å². The van der Waals surface area contributed by atoms with Crippen molar-refractivity contribution in [1.29, 1.82) is 0 Å². The van der Waals surface area contributed by atoms with Crippen molar-refractivity contribution in [3.8, 4) is 11.8 Å². The molecule has 4 nitrogen and oxygen atoms in total. The summed E-state index contributed by atoms with van der Waals surface area (Å²) in [5.41, 5.74) is 2.50. The molecule has 3 N–H and O–H groups in total. The molecule has 0 amide bonds. The normalized spacial score (nSPS) is 10.0. The van der Waals surface area contributed by atoms with Gasteiger partial charge in [-0.25, -0.2) is 0 Å². The molecule has 0 atom stereocenters. The third-order valence-electron chi connectivity index (χ3n) is 1.33. The van der Waals surface area contributed by atoms with Crippen LogP contribution in [0.15, 0.2) is 0 Å². The van der Waals surface area contributed by atoms with E-state index in [2.05, 4.69) is 31.1 Å². The Morgan fingerprint density at radius 3 is 2.57 bits per heavy atom. The van der Waals surface area contributed by atoms with E-state index in [0.717, 1.165) is 0 Å². The van der Waals surface area contributed by atoms with Gasteiger partial charge < -0.3 is 9.47 Å². The fraction of sp³-hybridized carbons (Fsp3) is 0.800. The number of ether oxygens (including phenoxy) is 2. The van der Waals surface area contributed by atoms with Gasteiger partial charge in [-0.15, -0.1) is 0 Å². The lowest BCUT2D eigenvalue weighted by atomic mass is 10.2. The van der Waals surface area contributed by atoms with Crippen LogP contribution in [0.4, 0.5) is 0 Å². The second-order valence-electron chi connectivity index (χ2n) is 3.09. The van der Waals surface area contributed by atoms with E-state index in [9.17, 15) is 0 Å². The summed E-state index contributed by atoms with van der Waals surface area (Å²) in [6.45, 7) is 7.02. The lowest BCUT2D eigenvalue weighted by Gasteiger charge is -2.02. The predicted molar refractivity (Wildman–Crippen MR) is 56.4 cm³/mol. The van der Waals surface area contributed by atoms with Crippen LogP contribution in [0.2, 0.25) is 0 Å². The predicted octanol–water partition coefficient (Wildman–Crippen LogP) is 0.142. The molecule has 0 aromatic heterocycles. The lowest BCUT2D eigenvalue weighted by Crippen LogP contribution is -2.26. The molecule has 14 heavy (non-hydrogen) atoms. The first-order valence-electron chi connectivity index (χ1n) is 4.84. The van der Waals surface area contributed by atoms with Crippen molar-refractivity contribution in [2.75, 3.05) is 33.0 Å². The van der Waals surface area contributed by atoms with E-state index in [-0.39, 0.29) is 0 Å². The van der Waals surface area contributed by atoms with Crippen molar-refractivity contribution >= 4 is 0 Å². The molecule has 0 aromatic carbocycles. The van der Waals surface area contributed by atoms with Crippen molar-refractivity contribution in [2.24, 2.45) is 11.8 Å². The van der Waals surface area contributed by atoms with Gasteiger partial charge >= 0.3 is 0 Å². The zero-order chi connectivity index (χ0) is 10.6. The van der Waals surface area contributed by atoms with Crippen LogP contribution in [-0.4, -0.2) is 33.0 Å². The largest absolute Gasteiger partial charge is 0.378 e.